The maximum Gasteiger partial charge on any atom is 0.329 e. The number of aliphatic hydroxyl groups is 2. The molecule has 3 amide bonds. The summed E-state index contributed by atoms with van der Waals surface area (Å²) in [4.78, 5) is 146. The fraction of sp³-hybridized carbons (Fsp3) is 0.576. The number of benzene rings is 2. The molecule has 14 rings (SSSR count). The normalized spacial score (nSPS) is 28.0. The number of nitrogens with zero attached hydrogens (tertiary/aromatic N) is 17. The second-order valence-electron chi connectivity index (χ2n) is 37.6. The van der Waals surface area contributed by atoms with Crippen LogP contribution in [-0.2, 0) is 87.9 Å². The van der Waals surface area contributed by atoms with Crippen molar-refractivity contribution in [2.75, 3.05) is 128 Å². The Morgan fingerprint density at radius 1 is 0.741 bits per heavy atom. The van der Waals surface area contributed by atoms with E-state index in [-0.39, 0.29) is 74.1 Å². The number of ketones is 2. The van der Waals surface area contributed by atoms with Crippen LogP contribution in [0.5, 0.6) is 0 Å². The highest BCUT2D eigenvalue weighted by Crippen LogP contribution is 2.41. The Bertz CT molecular complexity index is 5490. The smallest absolute Gasteiger partial charge is 0.329 e. The number of nitrogens with two attached hydrogens (primary N) is 2. The number of aromatic nitrogens is 8. The van der Waals surface area contributed by atoms with Gasteiger partial charge in [0, 0.05) is 179 Å². The SMILES string of the molecule is CO[C@H]1C[C@@H]2CC[C@@H](C)[C@@](O)(O2)C(=O)C(=O)N2CCCC[C@H]2C(=O)O[C@H]([C@H](C)C[C@@H]2CC[C@@H](OC(=O)CCc3cnc(N4CCN(C(=O)CCOCCN5CCN(c6ncc(C(=O)N7CCc8cc(Cn9cc(-c%10ccc%11oc(N)nc%11c%10)c%10c(N)ncnc%109)ccc8C7)cn6)CC5)CC4)nc3)[C@H](OC)C2)C[C@H](N=[N+]=[N-])[C@H](C)/C=C(\C)[C@@H](O)[C@@H](OC)C(=O)[C@H](C)C[C@H](C)/C=C/C=C/C=C/1C. The van der Waals surface area contributed by atoms with E-state index < -0.39 is 108 Å². The van der Waals surface area contributed by atoms with Gasteiger partial charge in [-0.3, -0.25) is 33.7 Å². The third kappa shape index (κ3) is 24.5. The fourth-order valence-corrected chi connectivity index (χ4v) is 20.1. The summed E-state index contributed by atoms with van der Waals surface area (Å²) in [7, 11) is 4.53. The maximum absolute atomic E-state index is 15.0. The molecule has 0 radical (unpaired) electrons. The Morgan fingerprint density at radius 2 is 1.49 bits per heavy atom. The number of amides is 3. The quantitative estimate of drug-likeness (QED) is 0.00879. The van der Waals surface area contributed by atoms with Gasteiger partial charge < -0.3 is 88.3 Å². The number of methoxy groups -OCH3 is 3. The molecule has 135 heavy (non-hydrogen) atoms. The van der Waals surface area contributed by atoms with Gasteiger partial charge in [0.25, 0.3) is 23.6 Å². The molecule has 16 atom stereocenters. The third-order valence-electron chi connectivity index (χ3n) is 28.2. The minimum absolute atomic E-state index is 0.00496. The lowest BCUT2D eigenvalue weighted by atomic mass is 9.78. The van der Waals surface area contributed by atoms with E-state index in [9.17, 15) is 44.5 Å². The first-order valence-corrected chi connectivity index (χ1v) is 47.6. The summed E-state index contributed by atoms with van der Waals surface area (Å²) in [5, 5.41) is 29.1. The summed E-state index contributed by atoms with van der Waals surface area (Å²) in [6.07, 6.45) is 22.1. The van der Waals surface area contributed by atoms with E-state index in [0.717, 1.165) is 51.9 Å². The number of azide groups is 1. The number of aryl methyl sites for hydroxylation is 1. The second kappa shape index (κ2) is 45.9. The average molecular weight is 1860 g/mol. The molecule has 2 bridgehead atoms. The van der Waals surface area contributed by atoms with Crippen LogP contribution in [0.2, 0.25) is 0 Å². The van der Waals surface area contributed by atoms with Crippen LogP contribution in [0, 0.1) is 35.5 Å². The molecule has 2 aromatic carbocycles. The van der Waals surface area contributed by atoms with Crippen LogP contribution in [0.1, 0.15) is 171 Å². The molecule has 5 aromatic heterocycles. The summed E-state index contributed by atoms with van der Waals surface area (Å²) in [6.45, 7) is 21.0. The number of esters is 2. The number of cyclic esters (lactones) is 1. The van der Waals surface area contributed by atoms with Gasteiger partial charge in [0.05, 0.1) is 48.9 Å². The van der Waals surface area contributed by atoms with Crippen LogP contribution in [0.4, 0.5) is 23.7 Å². The lowest BCUT2D eigenvalue weighted by molar-refractivity contribution is -0.265. The first-order valence-electron chi connectivity index (χ1n) is 47.6. The average Bonchev–Trinajstić information content (AvgIpc) is 1.58. The monoisotopic (exact) mass is 1860 g/mol. The molecule has 7 aliphatic rings. The summed E-state index contributed by atoms with van der Waals surface area (Å²) < 4.78 is 50.2. The molecular weight excluding hydrogens is 1730 g/mol. The molecule has 724 valence electrons. The number of piperidine rings is 1. The molecule has 4 saturated heterocycles. The number of rotatable bonds is 23. The zero-order chi connectivity index (χ0) is 95.7. The number of anilines is 4. The van der Waals surface area contributed by atoms with Crippen molar-refractivity contribution < 1.29 is 81.4 Å². The van der Waals surface area contributed by atoms with Gasteiger partial charge in [-0.1, -0.05) is 100 Å². The molecule has 6 N–H and O–H groups in total. The number of ether oxygens (including phenoxy) is 7. The number of hydrogen-bond donors (Lipinski definition) is 4. The topological polar surface area (TPSA) is 453 Å². The highest BCUT2D eigenvalue weighted by Gasteiger charge is 2.54. The summed E-state index contributed by atoms with van der Waals surface area (Å²) in [6, 6.07) is 10.1. The number of aliphatic hydroxyl groups excluding tert-OH is 1. The Morgan fingerprint density at radius 3 is 2.22 bits per heavy atom. The van der Waals surface area contributed by atoms with Gasteiger partial charge in [0.2, 0.25) is 23.6 Å². The summed E-state index contributed by atoms with van der Waals surface area (Å²) in [5.74, 6) is -7.08. The van der Waals surface area contributed by atoms with Crippen molar-refractivity contribution >= 4 is 87.1 Å². The van der Waals surface area contributed by atoms with Gasteiger partial charge in [-0.25, -0.2) is 34.7 Å². The first kappa shape index (κ1) is 99.5. The number of hydrogen-bond acceptors (Lipinski definition) is 30. The van der Waals surface area contributed by atoms with Gasteiger partial charge >= 0.3 is 11.9 Å². The molecule has 5 fully saturated rings. The molecule has 0 spiro atoms. The van der Waals surface area contributed by atoms with E-state index in [0.29, 0.717) is 195 Å². The zero-order valence-electron chi connectivity index (χ0n) is 79.2. The third-order valence-corrected chi connectivity index (χ3v) is 28.2. The van der Waals surface area contributed by atoms with E-state index in [1.54, 1.807) is 58.9 Å². The highest BCUT2D eigenvalue weighted by atomic mass is 16.6. The van der Waals surface area contributed by atoms with Gasteiger partial charge in [-0.05, 0) is 178 Å². The standard InChI is InChI=1S/C99H131N19O17/c1-60-16-12-11-13-17-61(2)81(128-8)50-74-25-19-66(7)99(127,135-74)90(123)94(125)118-31-15-14-18-78(118)95(126)133-82(51-76(110-111-102)62(3)45-65(6)88(122)89(130-10)87(121)64(5)44-60)63(4)46-67-21-26-80(83(48-67)129-9)132-85(120)28-22-69-52-103-97(104-53-69)115-39-37-113(38-40-115)84(119)30-42-131-43-41-112-33-35-114(36-34-112)98-105-54-73(55-106-98)93(124)116-32-29-70-47-68(20-23-72(70)57-116)56-117-58-75(86-91(100)107-59-108-92(86)117)71-24-27-79-77(49-71)109-96(101)134-79/h11-13,16-17,20,23-24,27,45,47,49,52-55,58-60,62-64,66-67,74,76,78,80-83,88-89,122,127H,14-15,18-19,21-22,25-26,28-44,46,48,50-51,56-57H2,1-10H3,(H2,101,109)(H2,100,107,108)/b13-11+,16-12+,61-17+,65-45+/t60-,62-,63-,64-,66-,67+,74+,76+,78+,80-,81+,82+,83-,88-,89+,99-/m1/s1. The number of carbonyl (C=O) groups excluding carboxylic acids is 7. The van der Waals surface area contributed by atoms with Crippen LogP contribution in [-0.4, -0.2) is 278 Å². The molecule has 7 aromatic rings. The van der Waals surface area contributed by atoms with Gasteiger partial charge in [-0.2, -0.15) is 4.98 Å². The van der Waals surface area contributed by atoms with Crippen LogP contribution >= 0.6 is 0 Å². The van der Waals surface area contributed by atoms with Crippen molar-refractivity contribution in [3.63, 3.8) is 0 Å². The summed E-state index contributed by atoms with van der Waals surface area (Å²) in [5.41, 5.74) is 32.0. The van der Waals surface area contributed by atoms with E-state index in [2.05, 4.69) is 77.5 Å². The number of Topliss-reactive ketones (excluding diaryl/α,β-unsaturated/α-hetero) is 2. The van der Waals surface area contributed by atoms with Crippen LogP contribution < -0.4 is 21.3 Å². The van der Waals surface area contributed by atoms with Crippen LogP contribution in [0.3, 0.4) is 0 Å². The first-order chi connectivity index (χ1) is 65.1. The molecule has 1 saturated carbocycles. The minimum atomic E-state index is -2.49. The van der Waals surface area contributed by atoms with Crippen molar-refractivity contribution in [3.8, 4) is 11.1 Å². The Kier molecular flexibility index (Phi) is 33.8. The number of carbonyl (C=O) groups is 7. The number of fused-ring (bicyclic) bond motifs is 6. The Hall–Kier alpha value is -11.5. The van der Waals surface area contributed by atoms with Crippen molar-refractivity contribution in [3.05, 3.63) is 160 Å². The van der Waals surface area contributed by atoms with Crippen molar-refractivity contribution in [1.29, 1.82) is 0 Å². The number of nitrogen functional groups attached to an aromatic ring is 2. The highest BCUT2D eigenvalue weighted by molar-refractivity contribution is 6.39. The van der Waals surface area contributed by atoms with E-state index in [1.807, 2.05) is 104 Å². The van der Waals surface area contributed by atoms with Gasteiger partial charge in [0.1, 0.15) is 53.8 Å². The molecular formula is C99H131N19O17. The lowest BCUT2D eigenvalue weighted by Crippen LogP contribution is -2.61. The molecule has 36 heteroatoms. The lowest BCUT2D eigenvalue weighted by Gasteiger charge is -2.43. The second-order valence-corrected chi connectivity index (χ2v) is 37.6. The molecule has 0 unspecified atom stereocenters. The van der Waals surface area contributed by atoms with Crippen molar-refractivity contribution in [1.82, 2.24) is 59.1 Å². The van der Waals surface area contributed by atoms with Crippen molar-refractivity contribution in [2.45, 2.75) is 225 Å². The van der Waals surface area contributed by atoms with Gasteiger partial charge in [-0.15, -0.1) is 0 Å². The number of allylic oxidation sites excluding steroid dienone is 5. The predicted molar refractivity (Wildman–Crippen MR) is 506 cm³/mol. The Balaban J connectivity index is 0.506. The van der Waals surface area contributed by atoms with Crippen molar-refractivity contribution in [2.24, 2.45) is 40.6 Å². The number of piperazine rings is 2. The molecule has 1 aliphatic carbocycles. The van der Waals surface area contributed by atoms with E-state index >= 15 is 4.79 Å². The molecule has 11 heterocycles. The molecule has 36 nitrogen and oxygen atoms in total. The van der Waals surface area contributed by atoms with Crippen LogP contribution in [0.15, 0.2) is 131 Å². The minimum Gasteiger partial charge on any atom is -0.461 e. The van der Waals surface area contributed by atoms with Crippen LogP contribution in [0.25, 0.3) is 43.7 Å². The predicted octanol–water partition coefficient (Wildman–Crippen LogP) is 10.9. The number of oxazole rings is 1. The largest absolute Gasteiger partial charge is 0.461 e. The van der Waals surface area contributed by atoms with Gasteiger partial charge in [0.15, 0.2) is 11.4 Å². The zero-order valence-corrected chi connectivity index (χ0v) is 79.2. The maximum atomic E-state index is 15.0. The molecule has 6 aliphatic heterocycles. The van der Waals surface area contributed by atoms with E-state index in [4.69, 9.17) is 49.0 Å². The Labute approximate surface area is 787 Å². The fourth-order valence-electron chi connectivity index (χ4n) is 20.1. The van der Waals surface area contributed by atoms with E-state index in [1.165, 1.54) is 23.9 Å². The summed E-state index contributed by atoms with van der Waals surface area (Å²) >= 11 is 0.